The molecular weight excluding hydrogens is 320 g/mol. The number of halogens is 1. The minimum atomic E-state index is -0.430. The molecule has 4 heteroatoms. The van der Waals surface area contributed by atoms with Crippen LogP contribution in [0.2, 0.25) is 5.02 Å². The molecule has 1 aromatic heterocycles. The molecule has 2 N–H and O–H groups in total. The molecule has 0 bridgehead atoms. The molecule has 0 atom stereocenters. The van der Waals surface area contributed by atoms with Crippen molar-refractivity contribution in [2.75, 3.05) is 5.32 Å². The summed E-state index contributed by atoms with van der Waals surface area (Å²) >= 11 is 6.17. The van der Waals surface area contributed by atoms with Gasteiger partial charge in [0.05, 0.1) is 5.41 Å². The van der Waals surface area contributed by atoms with Gasteiger partial charge in [0, 0.05) is 27.3 Å². The van der Waals surface area contributed by atoms with E-state index in [1.54, 1.807) is 0 Å². The van der Waals surface area contributed by atoms with E-state index in [4.69, 9.17) is 11.6 Å². The second-order valence-electron chi connectivity index (χ2n) is 6.67. The van der Waals surface area contributed by atoms with Gasteiger partial charge in [-0.15, -0.1) is 0 Å². The fourth-order valence-electron chi connectivity index (χ4n) is 3.53. The van der Waals surface area contributed by atoms with Crippen molar-refractivity contribution in [1.29, 1.82) is 0 Å². The van der Waals surface area contributed by atoms with E-state index >= 15 is 0 Å². The van der Waals surface area contributed by atoms with Gasteiger partial charge in [-0.05, 0) is 56.0 Å². The number of fused-ring (bicyclic) bond motifs is 1. The molecule has 1 amide bonds. The number of H-pyrrole nitrogens is 1. The van der Waals surface area contributed by atoms with E-state index in [9.17, 15) is 4.79 Å². The highest BCUT2D eigenvalue weighted by molar-refractivity contribution is 6.31. The van der Waals surface area contributed by atoms with Crippen LogP contribution in [0.25, 0.3) is 10.9 Å². The second kappa shape index (κ2) is 5.38. The Morgan fingerprint density at radius 1 is 1.17 bits per heavy atom. The van der Waals surface area contributed by atoms with Crippen molar-refractivity contribution in [2.45, 2.75) is 32.1 Å². The number of carbonyl (C=O) groups is 1. The molecule has 0 aliphatic heterocycles. The van der Waals surface area contributed by atoms with E-state index in [0.29, 0.717) is 5.02 Å². The molecule has 0 spiro atoms. The van der Waals surface area contributed by atoms with Gasteiger partial charge in [0.2, 0.25) is 5.91 Å². The first-order chi connectivity index (χ1) is 11.5. The number of para-hydroxylation sites is 1. The number of benzene rings is 2. The molecule has 1 heterocycles. The van der Waals surface area contributed by atoms with Crippen LogP contribution in [-0.2, 0) is 10.2 Å². The standard InChI is InChI=1S/C20H19ClN2O/c1-12-7-8-14(11-16(12)21)23-19(24)20(9-10-20)18-13(2)22-17-6-4-3-5-15(17)18/h3-8,11,22H,9-10H2,1-2H3,(H,23,24). The lowest BCUT2D eigenvalue weighted by atomic mass is 9.92. The van der Waals surface area contributed by atoms with Crippen molar-refractivity contribution in [3.8, 4) is 0 Å². The number of hydrogen-bond acceptors (Lipinski definition) is 1. The van der Waals surface area contributed by atoms with Crippen molar-refractivity contribution < 1.29 is 4.79 Å². The quantitative estimate of drug-likeness (QED) is 0.685. The number of hydrogen-bond donors (Lipinski definition) is 2. The number of nitrogens with one attached hydrogen (secondary N) is 2. The Hall–Kier alpha value is -2.26. The maximum Gasteiger partial charge on any atom is 0.235 e. The first kappa shape index (κ1) is 15.3. The third kappa shape index (κ3) is 2.31. The predicted octanol–water partition coefficient (Wildman–Crippen LogP) is 5.11. The summed E-state index contributed by atoms with van der Waals surface area (Å²) < 4.78 is 0. The molecule has 4 rings (SSSR count). The molecular formula is C20H19ClN2O. The summed E-state index contributed by atoms with van der Waals surface area (Å²) in [4.78, 5) is 16.4. The third-order valence-corrected chi connectivity index (χ3v) is 5.39. The van der Waals surface area contributed by atoms with E-state index in [2.05, 4.69) is 22.4 Å². The molecule has 122 valence electrons. The van der Waals surface area contributed by atoms with Crippen molar-refractivity contribution in [1.82, 2.24) is 4.98 Å². The van der Waals surface area contributed by atoms with Gasteiger partial charge in [0.1, 0.15) is 0 Å². The van der Waals surface area contributed by atoms with Crippen molar-refractivity contribution in [3.63, 3.8) is 0 Å². The molecule has 1 aliphatic rings. The maximum atomic E-state index is 13.0. The molecule has 0 unspecified atom stereocenters. The highest BCUT2D eigenvalue weighted by atomic mass is 35.5. The first-order valence-electron chi connectivity index (χ1n) is 8.17. The van der Waals surface area contributed by atoms with Crippen molar-refractivity contribution in [2.24, 2.45) is 0 Å². The minimum Gasteiger partial charge on any atom is -0.358 e. The Balaban J connectivity index is 1.70. The lowest BCUT2D eigenvalue weighted by molar-refractivity contribution is -0.118. The van der Waals surface area contributed by atoms with E-state index in [1.165, 1.54) is 0 Å². The van der Waals surface area contributed by atoms with Crippen LogP contribution in [0.3, 0.4) is 0 Å². The number of rotatable bonds is 3. The van der Waals surface area contributed by atoms with Crippen LogP contribution >= 0.6 is 11.6 Å². The summed E-state index contributed by atoms with van der Waals surface area (Å²) in [6, 6.07) is 13.8. The van der Waals surface area contributed by atoms with Gasteiger partial charge in [-0.3, -0.25) is 4.79 Å². The van der Waals surface area contributed by atoms with Crippen LogP contribution in [0, 0.1) is 13.8 Å². The molecule has 3 nitrogen and oxygen atoms in total. The average Bonchev–Trinajstić information content (AvgIpc) is 3.28. The Bertz CT molecular complexity index is 953. The number of amides is 1. The second-order valence-corrected chi connectivity index (χ2v) is 7.08. The topological polar surface area (TPSA) is 44.9 Å². The van der Waals surface area contributed by atoms with E-state index in [-0.39, 0.29) is 5.91 Å². The fraction of sp³-hybridized carbons (Fsp3) is 0.250. The SMILES string of the molecule is Cc1ccc(NC(=O)C2(c3c(C)[nH]c4ccccc34)CC2)cc1Cl. The summed E-state index contributed by atoms with van der Waals surface area (Å²) in [6.07, 6.45) is 1.75. The first-order valence-corrected chi connectivity index (χ1v) is 8.54. The summed E-state index contributed by atoms with van der Waals surface area (Å²) in [7, 11) is 0. The smallest absolute Gasteiger partial charge is 0.235 e. The van der Waals surface area contributed by atoms with E-state index in [0.717, 1.165) is 46.3 Å². The molecule has 1 fully saturated rings. The molecule has 0 radical (unpaired) electrons. The highest BCUT2D eigenvalue weighted by Gasteiger charge is 2.53. The van der Waals surface area contributed by atoms with Crippen LogP contribution in [0.15, 0.2) is 42.5 Å². The van der Waals surface area contributed by atoms with Crippen LogP contribution < -0.4 is 5.32 Å². The van der Waals surface area contributed by atoms with Gasteiger partial charge in [0.25, 0.3) is 0 Å². The van der Waals surface area contributed by atoms with Gasteiger partial charge in [0.15, 0.2) is 0 Å². The number of carbonyl (C=O) groups excluding carboxylic acids is 1. The molecule has 3 aromatic rings. The van der Waals surface area contributed by atoms with E-state index < -0.39 is 5.41 Å². The van der Waals surface area contributed by atoms with Gasteiger partial charge < -0.3 is 10.3 Å². The van der Waals surface area contributed by atoms with Gasteiger partial charge >= 0.3 is 0 Å². The van der Waals surface area contributed by atoms with Crippen LogP contribution in [-0.4, -0.2) is 10.9 Å². The number of aromatic nitrogens is 1. The van der Waals surface area contributed by atoms with Crippen molar-refractivity contribution in [3.05, 3.63) is 64.3 Å². The summed E-state index contributed by atoms with van der Waals surface area (Å²) in [5.74, 6) is 0.0512. The number of anilines is 1. The third-order valence-electron chi connectivity index (χ3n) is 4.99. The lowest BCUT2D eigenvalue weighted by Gasteiger charge is -2.17. The minimum absolute atomic E-state index is 0.0512. The van der Waals surface area contributed by atoms with Gasteiger partial charge in [-0.2, -0.15) is 0 Å². The largest absolute Gasteiger partial charge is 0.358 e. The zero-order chi connectivity index (χ0) is 16.9. The van der Waals surface area contributed by atoms with Crippen LogP contribution in [0.5, 0.6) is 0 Å². The summed E-state index contributed by atoms with van der Waals surface area (Å²) in [6.45, 7) is 4.00. The van der Waals surface area contributed by atoms with Crippen LogP contribution in [0.1, 0.15) is 29.7 Å². The van der Waals surface area contributed by atoms with E-state index in [1.807, 2.05) is 44.2 Å². The molecule has 24 heavy (non-hydrogen) atoms. The molecule has 0 saturated heterocycles. The highest BCUT2D eigenvalue weighted by Crippen LogP contribution is 2.52. The molecule has 1 aliphatic carbocycles. The average molecular weight is 339 g/mol. The number of aromatic amines is 1. The predicted molar refractivity (Wildman–Crippen MR) is 98.8 cm³/mol. The van der Waals surface area contributed by atoms with Crippen LogP contribution in [0.4, 0.5) is 5.69 Å². The Morgan fingerprint density at radius 3 is 2.62 bits per heavy atom. The van der Waals surface area contributed by atoms with Crippen molar-refractivity contribution >= 4 is 34.1 Å². The molecule has 1 saturated carbocycles. The monoisotopic (exact) mass is 338 g/mol. The Labute approximate surface area is 146 Å². The normalized spacial score (nSPS) is 15.5. The molecule has 2 aromatic carbocycles. The summed E-state index contributed by atoms with van der Waals surface area (Å²) in [5, 5.41) is 4.87. The van der Waals surface area contributed by atoms with Gasteiger partial charge in [-0.25, -0.2) is 0 Å². The summed E-state index contributed by atoms with van der Waals surface area (Å²) in [5.41, 5.74) is 4.62. The van der Waals surface area contributed by atoms with Gasteiger partial charge in [-0.1, -0.05) is 35.9 Å². The Kier molecular flexibility index (Phi) is 3.43. The zero-order valence-electron chi connectivity index (χ0n) is 13.7. The fourth-order valence-corrected chi connectivity index (χ4v) is 3.71. The lowest BCUT2D eigenvalue weighted by Crippen LogP contribution is -2.28. The zero-order valence-corrected chi connectivity index (χ0v) is 14.5. The Morgan fingerprint density at radius 2 is 1.92 bits per heavy atom. The maximum absolute atomic E-state index is 13.0. The number of aryl methyl sites for hydroxylation is 2.